The number of halogens is 3. The number of nitrogens with zero attached hydrogens (tertiary/aromatic N) is 1. The van der Waals surface area contributed by atoms with Crippen molar-refractivity contribution in [1.82, 2.24) is 10.2 Å². The highest BCUT2D eigenvalue weighted by Gasteiger charge is 2.18. The SMILES string of the molecule is O=S(=O)(Nc1cc(F)c(F)c(F)c1)c1ccn[nH]1. The van der Waals surface area contributed by atoms with Gasteiger partial charge < -0.3 is 0 Å². The number of aromatic amines is 1. The van der Waals surface area contributed by atoms with Crippen LogP contribution in [0.25, 0.3) is 0 Å². The molecule has 0 bridgehead atoms. The Morgan fingerprint density at radius 2 is 1.78 bits per heavy atom. The largest absolute Gasteiger partial charge is 0.278 e. The van der Waals surface area contributed by atoms with Gasteiger partial charge in [0.05, 0.1) is 11.9 Å². The van der Waals surface area contributed by atoms with Crippen molar-refractivity contribution in [2.24, 2.45) is 0 Å². The minimum absolute atomic E-state index is 0.285. The Kier molecular flexibility index (Phi) is 2.99. The van der Waals surface area contributed by atoms with Crippen LogP contribution in [0.3, 0.4) is 0 Å². The fraction of sp³-hybridized carbons (Fsp3) is 0. The highest BCUT2D eigenvalue weighted by atomic mass is 32.2. The average molecular weight is 277 g/mol. The van der Waals surface area contributed by atoms with Crippen LogP contribution in [0.15, 0.2) is 29.4 Å². The number of rotatable bonds is 3. The topological polar surface area (TPSA) is 74.8 Å². The van der Waals surface area contributed by atoms with Gasteiger partial charge in [0.25, 0.3) is 10.0 Å². The molecule has 1 aromatic carbocycles. The summed E-state index contributed by atoms with van der Waals surface area (Å²) in [5, 5.41) is 5.32. The molecule has 0 aliphatic heterocycles. The summed E-state index contributed by atoms with van der Waals surface area (Å²) < 4.78 is 63.6. The number of sulfonamides is 1. The number of benzene rings is 1. The van der Waals surface area contributed by atoms with Gasteiger partial charge in [-0.15, -0.1) is 0 Å². The Morgan fingerprint density at radius 1 is 1.17 bits per heavy atom. The lowest BCUT2D eigenvalue weighted by molar-refractivity contribution is 0.448. The van der Waals surface area contributed by atoms with Gasteiger partial charge in [0.15, 0.2) is 22.5 Å². The third-order valence-corrected chi connectivity index (χ3v) is 3.31. The molecule has 5 nitrogen and oxygen atoms in total. The Morgan fingerprint density at radius 3 is 2.28 bits per heavy atom. The minimum atomic E-state index is -4.04. The molecule has 1 aromatic heterocycles. The molecular formula is C9H6F3N3O2S. The summed E-state index contributed by atoms with van der Waals surface area (Å²) in [5.74, 6) is -4.64. The van der Waals surface area contributed by atoms with Gasteiger partial charge in [0, 0.05) is 12.1 Å². The molecule has 0 fully saturated rings. The second kappa shape index (κ2) is 4.33. The van der Waals surface area contributed by atoms with Crippen LogP contribution in [0.2, 0.25) is 0 Å². The molecule has 2 aromatic rings. The van der Waals surface area contributed by atoms with Crippen LogP contribution < -0.4 is 4.72 Å². The zero-order valence-corrected chi connectivity index (χ0v) is 9.43. The normalized spacial score (nSPS) is 11.5. The van der Waals surface area contributed by atoms with E-state index in [1.165, 1.54) is 6.20 Å². The van der Waals surface area contributed by atoms with Crippen LogP contribution in [-0.4, -0.2) is 18.6 Å². The number of aromatic nitrogens is 2. The van der Waals surface area contributed by atoms with Crippen molar-refractivity contribution < 1.29 is 21.6 Å². The highest BCUT2D eigenvalue weighted by Crippen LogP contribution is 2.19. The number of nitrogens with one attached hydrogen (secondary N) is 2. The first-order valence-electron chi connectivity index (χ1n) is 4.57. The molecule has 0 atom stereocenters. The second-order valence-corrected chi connectivity index (χ2v) is 4.93. The highest BCUT2D eigenvalue weighted by molar-refractivity contribution is 7.92. The predicted octanol–water partition coefficient (Wildman–Crippen LogP) is 1.63. The molecule has 0 amide bonds. The van der Waals surface area contributed by atoms with Crippen molar-refractivity contribution in [3.63, 3.8) is 0 Å². The molecule has 0 aliphatic rings. The fourth-order valence-electron chi connectivity index (χ4n) is 1.22. The third-order valence-electron chi connectivity index (χ3n) is 2.00. The number of anilines is 1. The van der Waals surface area contributed by atoms with E-state index in [4.69, 9.17) is 0 Å². The average Bonchev–Trinajstić information content (AvgIpc) is 2.79. The molecule has 0 saturated carbocycles. The molecule has 9 heteroatoms. The zero-order valence-electron chi connectivity index (χ0n) is 8.62. The van der Waals surface area contributed by atoms with Crippen LogP contribution in [0.4, 0.5) is 18.9 Å². The molecule has 2 rings (SSSR count). The van der Waals surface area contributed by atoms with Crippen molar-refractivity contribution >= 4 is 15.7 Å². The standard InChI is InChI=1S/C9H6F3N3O2S/c10-6-3-5(4-7(11)9(6)12)15-18(16,17)8-1-2-13-14-8/h1-4,15H,(H,13,14). The summed E-state index contributed by atoms with van der Waals surface area (Å²) in [6.45, 7) is 0. The monoisotopic (exact) mass is 277 g/mol. The summed E-state index contributed by atoms with van der Waals surface area (Å²) in [7, 11) is -4.04. The van der Waals surface area contributed by atoms with Crippen LogP contribution in [0.5, 0.6) is 0 Å². The van der Waals surface area contributed by atoms with Gasteiger partial charge in [-0.3, -0.25) is 9.82 Å². The van der Waals surface area contributed by atoms with E-state index < -0.39 is 33.2 Å². The minimum Gasteiger partial charge on any atom is -0.278 e. The maximum atomic E-state index is 12.9. The number of hydrogen-bond donors (Lipinski definition) is 2. The molecule has 0 saturated heterocycles. The predicted molar refractivity (Wildman–Crippen MR) is 55.7 cm³/mol. The summed E-state index contributed by atoms with van der Waals surface area (Å²) in [6, 6.07) is 2.22. The smallest absolute Gasteiger partial charge is 0.278 e. The van der Waals surface area contributed by atoms with Gasteiger partial charge >= 0.3 is 0 Å². The summed E-state index contributed by atoms with van der Waals surface area (Å²) in [4.78, 5) is 0. The van der Waals surface area contributed by atoms with E-state index in [1.807, 2.05) is 4.72 Å². The lowest BCUT2D eigenvalue weighted by atomic mass is 10.3. The first kappa shape index (κ1) is 12.4. The lowest BCUT2D eigenvalue weighted by Crippen LogP contribution is -2.14. The Labute approximate surface area is 99.7 Å². The Bertz CT molecular complexity index is 647. The van der Waals surface area contributed by atoms with Gasteiger partial charge in [-0.25, -0.2) is 13.2 Å². The molecule has 0 spiro atoms. The molecule has 18 heavy (non-hydrogen) atoms. The van der Waals surface area contributed by atoms with Crippen molar-refractivity contribution in [2.75, 3.05) is 4.72 Å². The third kappa shape index (κ3) is 2.30. The van der Waals surface area contributed by atoms with Crippen molar-refractivity contribution in [1.29, 1.82) is 0 Å². The van der Waals surface area contributed by atoms with E-state index in [0.29, 0.717) is 12.1 Å². The maximum Gasteiger partial charge on any atom is 0.278 e. The lowest BCUT2D eigenvalue weighted by Gasteiger charge is -2.06. The van der Waals surface area contributed by atoms with E-state index in [-0.39, 0.29) is 5.03 Å². The molecule has 1 heterocycles. The van der Waals surface area contributed by atoms with Crippen LogP contribution in [0.1, 0.15) is 0 Å². The molecule has 96 valence electrons. The summed E-state index contributed by atoms with van der Waals surface area (Å²) in [6.07, 6.45) is 1.19. The second-order valence-electron chi connectivity index (χ2n) is 3.28. The van der Waals surface area contributed by atoms with Gasteiger partial charge in [-0.05, 0) is 6.07 Å². The van der Waals surface area contributed by atoms with Crippen LogP contribution in [-0.2, 0) is 10.0 Å². The van der Waals surface area contributed by atoms with E-state index in [1.54, 1.807) is 0 Å². The molecule has 0 unspecified atom stereocenters. The van der Waals surface area contributed by atoms with Gasteiger partial charge in [-0.1, -0.05) is 0 Å². The van der Waals surface area contributed by atoms with Crippen molar-refractivity contribution in [2.45, 2.75) is 5.03 Å². The van der Waals surface area contributed by atoms with E-state index >= 15 is 0 Å². The zero-order chi connectivity index (χ0) is 13.3. The Balaban J connectivity index is 2.36. The summed E-state index contributed by atoms with van der Waals surface area (Å²) in [5.41, 5.74) is -0.430. The molecule has 0 radical (unpaired) electrons. The molecule has 0 aliphatic carbocycles. The first-order chi connectivity index (χ1) is 8.40. The molecular weight excluding hydrogens is 271 g/mol. The van der Waals surface area contributed by atoms with E-state index in [0.717, 1.165) is 6.07 Å². The van der Waals surface area contributed by atoms with Crippen LogP contribution in [0, 0.1) is 17.5 Å². The van der Waals surface area contributed by atoms with Gasteiger partial charge in [-0.2, -0.15) is 13.5 Å². The number of H-pyrrole nitrogens is 1. The summed E-state index contributed by atoms with van der Waals surface area (Å²) >= 11 is 0. The van der Waals surface area contributed by atoms with Crippen molar-refractivity contribution in [3.05, 3.63) is 41.8 Å². The van der Waals surface area contributed by atoms with Gasteiger partial charge in [0.2, 0.25) is 0 Å². The Hall–Kier alpha value is -2.03. The van der Waals surface area contributed by atoms with E-state index in [2.05, 4.69) is 10.2 Å². The fourth-order valence-corrected chi connectivity index (χ4v) is 2.17. The van der Waals surface area contributed by atoms with Crippen LogP contribution >= 0.6 is 0 Å². The molecule has 2 N–H and O–H groups in total. The first-order valence-corrected chi connectivity index (χ1v) is 6.05. The quantitative estimate of drug-likeness (QED) is 0.837. The van der Waals surface area contributed by atoms with Crippen molar-refractivity contribution in [3.8, 4) is 0 Å². The number of hydrogen-bond acceptors (Lipinski definition) is 3. The van der Waals surface area contributed by atoms with Gasteiger partial charge in [0.1, 0.15) is 0 Å². The maximum absolute atomic E-state index is 12.9. The van der Waals surface area contributed by atoms with E-state index in [9.17, 15) is 21.6 Å².